The van der Waals surface area contributed by atoms with E-state index in [9.17, 15) is 13.6 Å². The lowest BCUT2D eigenvalue weighted by molar-refractivity contribution is 0.0954. The molecule has 3 aromatic rings. The zero-order valence-corrected chi connectivity index (χ0v) is 17.1. The van der Waals surface area contributed by atoms with Gasteiger partial charge >= 0.3 is 0 Å². The van der Waals surface area contributed by atoms with Crippen LogP contribution in [-0.4, -0.2) is 31.7 Å². The van der Waals surface area contributed by atoms with Crippen LogP contribution in [0.4, 0.5) is 25.8 Å². The Bertz CT molecular complexity index is 1060. The Morgan fingerprint density at radius 1 is 0.935 bits per heavy atom. The fourth-order valence-electron chi connectivity index (χ4n) is 2.80. The number of rotatable bonds is 7. The van der Waals surface area contributed by atoms with Gasteiger partial charge in [-0.25, -0.2) is 8.78 Å². The molecular weight excluding hydrogens is 402 g/mol. The average molecular weight is 424 g/mol. The molecule has 3 aromatic carbocycles. The lowest BCUT2D eigenvalue weighted by Gasteiger charge is -2.11. The summed E-state index contributed by atoms with van der Waals surface area (Å²) in [5.74, 6) is -3.38. The van der Waals surface area contributed by atoms with E-state index in [-0.39, 0.29) is 18.9 Å². The third-order valence-electron chi connectivity index (χ3n) is 4.55. The molecule has 0 bridgehead atoms. The van der Waals surface area contributed by atoms with Crippen LogP contribution >= 0.6 is 0 Å². The van der Waals surface area contributed by atoms with Crippen molar-refractivity contribution in [1.82, 2.24) is 5.32 Å². The minimum atomic E-state index is -1.03. The molecule has 0 aliphatic heterocycles. The number of hydrogen-bond donors (Lipinski definition) is 2. The Morgan fingerprint density at radius 3 is 1.97 bits per heavy atom. The summed E-state index contributed by atoms with van der Waals surface area (Å²) < 4.78 is 26.7. The molecule has 0 heterocycles. The molecule has 8 heteroatoms. The van der Waals surface area contributed by atoms with Gasteiger partial charge in [-0.1, -0.05) is 0 Å². The Hall–Kier alpha value is -3.81. The van der Waals surface area contributed by atoms with Crippen LogP contribution in [-0.2, 0) is 6.42 Å². The predicted molar refractivity (Wildman–Crippen MR) is 115 cm³/mol. The van der Waals surface area contributed by atoms with Crippen LogP contribution < -0.4 is 10.2 Å². The minimum absolute atomic E-state index is 0.187. The van der Waals surface area contributed by atoms with Gasteiger partial charge in [0.25, 0.3) is 5.91 Å². The molecule has 0 saturated carbocycles. The largest absolute Gasteiger partial charge is 0.503 e. The van der Waals surface area contributed by atoms with E-state index in [1.54, 1.807) is 24.3 Å². The summed E-state index contributed by atoms with van der Waals surface area (Å²) in [5, 5.41) is 20.1. The fourth-order valence-corrected chi connectivity index (χ4v) is 2.80. The SMILES string of the molecule is CN(C)c1ccc(/N=N/c2ccc(C(=O)NCCc3cc(F)c(O)c(F)c3)cc2)cc1. The highest BCUT2D eigenvalue weighted by molar-refractivity contribution is 5.94. The summed E-state index contributed by atoms with van der Waals surface area (Å²) in [7, 11) is 3.92. The molecule has 0 radical (unpaired) electrons. The molecule has 2 N–H and O–H groups in total. The number of azo groups is 1. The van der Waals surface area contributed by atoms with Gasteiger partial charge in [-0.05, 0) is 72.6 Å². The van der Waals surface area contributed by atoms with E-state index in [1.807, 2.05) is 43.3 Å². The number of anilines is 1. The van der Waals surface area contributed by atoms with Crippen LogP contribution in [0.15, 0.2) is 70.9 Å². The quantitative estimate of drug-likeness (QED) is 0.517. The summed E-state index contributed by atoms with van der Waals surface area (Å²) >= 11 is 0. The highest BCUT2D eigenvalue weighted by Gasteiger charge is 2.10. The zero-order valence-electron chi connectivity index (χ0n) is 17.1. The molecule has 3 rings (SSSR count). The molecule has 160 valence electrons. The number of phenolic OH excluding ortho intramolecular Hbond substituents is 1. The topological polar surface area (TPSA) is 77.3 Å². The van der Waals surface area contributed by atoms with Crippen molar-refractivity contribution < 1.29 is 18.7 Å². The van der Waals surface area contributed by atoms with E-state index >= 15 is 0 Å². The summed E-state index contributed by atoms with van der Waals surface area (Å²) in [5.41, 5.74) is 3.15. The standard InChI is InChI=1S/C23H22F2N4O2/c1-29(2)19-9-7-18(8-10-19)28-27-17-5-3-16(4-6-17)23(31)26-12-11-15-13-20(24)22(30)21(25)14-15/h3-10,13-14,30H,11-12H2,1-2H3,(H,26,31)/b28-27+. The van der Waals surface area contributed by atoms with Gasteiger partial charge in [0.05, 0.1) is 11.4 Å². The normalized spacial score (nSPS) is 11.0. The molecule has 0 fully saturated rings. The van der Waals surface area contributed by atoms with Crippen LogP contribution in [0, 0.1) is 11.6 Å². The van der Waals surface area contributed by atoms with Gasteiger partial charge in [-0.3, -0.25) is 4.79 Å². The molecule has 0 aromatic heterocycles. The number of nitrogens with one attached hydrogen (secondary N) is 1. The smallest absolute Gasteiger partial charge is 0.251 e. The number of carbonyl (C=O) groups is 1. The third-order valence-corrected chi connectivity index (χ3v) is 4.55. The number of halogens is 2. The van der Waals surface area contributed by atoms with Gasteiger partial charge in [0.1, 0.15) is 0 Å². The molecule has 0 unspecified atom stereocenters. The maximum absolute atomic E-state index is 13.4. The van der Waals surface area contributed by atoms with Gasteiger partial charge in [0.2, 0.25) is 0 Å². The fraction of sp³-hybridized carbons (Fsp3) is 0.174. The first-order valence-corrected chi connectivity index (χ1v) is 9.58. The van der Waals surface area contributed by atoms with Gasteiger partial charge < -0.3 is 15.3 Å². The number of carbonyl (C=O) groups excluding carboxylic acids is 1. The first-order valence-electron chi connectivity index (χ1n) is 9.58. The molecule has 6 nitrogen and oxygen atoms in total. The van der Waals surface area contributed by atoms with Gasteiger partial charge in [-0.2, -0.15) is 10.2 Å². The van der Waals surface area contributed by atoms with Gasteiger partial charge in [-0.15, -0.1) is 0 Å². The van der Waals surface area contributed by atoms with E-state index in [1.165, 1.54) is 0 Å². The zero-order chi connectivity index (χ0) is 22.4. The Kier molecular flexibility index (Phi) is 6.92. The van der Waals surface area contributed by atoms with Crippen LogP contribution in [0.25, 0.3) is 0 Å². The second kappa shape index (κ2) is 9.80. The molecule has 31 heavy (non-hydrogen) atoms. The van der Waals surface area contributed by atoms with Crippen LogP contribution in [0.2, 0.25) is 0 Å². The van der Waals surface area contributed by atoms with Gasteiger partial charge in [0.15, 0.2) is 17.4 Å². The lowest BCUT2D eigenvalue weighted by Crippen LogP contribution is -2.25. The molecule has 0 spiro atoms. The van der Waals surface area contributed by atoms with Crippen molar-refractivity contribution in [1.29, 1.82) is 0 Å². The Labute approximate surface area is 178 Å². The van der Waals surface area contributed by atoms with E-state index in [4.69, 9.17) is 5.11 Å². The summed E-state index contributed by atoms with van der Waals surface area (Å²) in [4.78, 5) is 14.2. The number of nitrogens with zero attached hydrogens (tertiary/aromatic N) is 3. The molecular formula is C23H22F2N4O2. The highest BCUT2D eigenvalue weighted by Crippen LogP contribution is 2.22. The highest BCUT2D eigenvalue weighted by atomic mass is 19.1. The number of aromatic hydroxyl groups is 1. The van der Waals surface area contributed by atoms with E-state index < -0.39 is 17.4 Å². The molecule has 0 aliphatic rings. The maximum atomic E-state index is 13.4. The van der Waals surface area contributed by atoms with E-state index in [0.717, 1.165) is 23.5 Å². The Morgan fingerprint density at radius 2 is 1.45 bits per heavy atom. The monoisotopic (exact) mass is 424 g/mol. The van der Waals surface area contributed by atoms with Crippen LogP contribution in [0.5, 0.6) is 5.75 Å². The van der Waals surface area contributed by atoms with Crippen molar-refractivity contribution in [2.24, 2.45) is 10.2 Å². The first-order chi connectivity index (χ1) is 14.8. The maximum Gasteiger partial charge on any atom is 0.251 e. The van der Waals surface area contributed by atoms with E-state index in [0.29, 0.717) is 16.8 Å². The second-order valence-corrected chi connectivity index (χ2v) is 7.07. The molecule has 0 aliphatic carbocycles. The van der Waals surface area contributed by atoms with Crippen molar-refractivity contribution in [3.8, 4) is 5.75 Å². The van der Waals surface area contributed by atoms with Crippen molar-refractivity contribution in [2.75, 3.05) is 25.5 Å². The van der Waals surface area contributed by atoms with Crippen LogP contribution in [0.3, 0.4) is 0 Å². The minimum Gasteiger partial charge on any atom is -0.503 e. The molecule has 0 atom stereocenters. The first kappa shape index (κ1) is 21.9. The summed E-state index contributed by atoms with van der Waals surface area (Å²) in [6.45, 7) is 0.187. The molecule has 0 saturated heterocycles. The van der Waals surface area contributed by atoms with Crippen molar-refractivity contribution in [3.05, 3.63) is 83.4 Å². The van der Waals surface area contributed by atoms with E-state index in [2.05, 4.69) is 15.5 Å². The van der Waals surface area contributed by atoms with Crippen molar-refractivity contribution in [2.45, 2.75) is 6.42 Å². The number of amides is 1. The summed E-state index contributed by atoms with van der Waals surface area (Å²) in [6.07, 6.45) is 0.221. The molecule has 1 amide bonds. The predicted octanol–water partition coefficient (Wildman–Crippen LogP) is 5.12. The third kappa shape index (κ3) is 5.85. The number of phenols is 1. The van der Waals surface area contributed by atoms with Crippen molar-refractivity contribution >= 4 is 23.0 Å². The van der Waals surface area contributed by atoms with Crippen LogP contribution in [0.1, 0.15) is 15.9 Å². The summed E-state index contributed by atoms with van der Waals surface area (Å²) in [6, 6.07) is 16.3. The number of benzene rings is 3. The average Bonchev–Trinajstić information content (AvgIpc) is 2.76. The number of hydrogen-bond acceptors (Lipinski definition) is 5. The van der Waals surface area contributed by atoms with Gasteiger partial charge in [0, 0.05) is 31.9 Å². The Balaban J connectivity index is 1.53. The second-order valence-electron chi connectivity index (χ2n) is 7.07. The lowest BCUT2D eigenvalue weighted by atomic mass is 10.1. The van der Waals surface area contributed by atoms with Crippen molar-refractivity contribution in [3.63, 3.8) is 0 Å².